The molecule has 2 nitrogen and oxygen atoms in total. The van der Waals surface area contributed by atoms with Crippen molar-refractivity contribution in [1.82, 2.24) is 5.32 Å². The van der Waals surface area contributed by atoms with E-state index in [4.69, 9.17) is 16.3 Å². The average molecular weight is 449 g/mol. The minimum absolute atomic E-state index is 0.205. The molecule has 0 aromatic heterocycles. The molecule has 0 bridgehead atoms. The summed E-state index contributed by atoms with van der Waals surface area (Å²) in [6.45, 7) is 1.98. The van der Waals surface area contributed by atoms with Crippen molar-refractivity contribution in [2.24, 2.45) is 0 Å². The zero-order valence-corrected chi connectivity index (χ0v) is 17.1. The molecule has 0 aliphatic carbocycles. The zero-order valence-electron chi connectivity index (χ0n) is 14.7. The van der Waals surface area contributed by atoms with Gasteiger partial charge in [0.2, 0.25) is 0 Å². The molecule has 0 heterocycles. The number of rotatable bonds is 8. The van der Waals surface area contributed by atoms with Crippen LogP contribution in [0.15, 0.2) is 71.2 Å². The topological polar surface area (TPSA) is 21.3 Å². The molecule has 5 heteroatoms. The molecular formula is C22H20BrClFNO. The van der Waals surface area contributed by atoms with Crippen LogP contribution in [-0.4, -0.2) is 6.54 Å². The Bertz CT molecular complexity index is 868. The number of hydrogen-bond donors (Lipinski definition) is 1. The molecule has 27 heavy (non-hydrogen) atoms. The van der Waals surface area contributed by atoms with Crippen molar-refractivity contribution in [2.75, 3.05) is 6.54 Å². The quantitative estimate of drug-likeness (QED) is 0.417. The van der Waals surface area contributed by atoms with Crippen LogP contribution in [0, 0.1) is 5.82 Å². The van der Waals surface area contributed by atoms with E-state index in [9.17, 15) is 4.39 Å². The predicted molar refractivity (Wildman–Crippen MR) is 112 cm³/mol. The van der Waals surface area contributed by atoms with E-state index in [2.05, 4.69) is 27.3 Å². The van der Waals surface area contributed by atoms with E-state index in [1.54, 1.807) is 0 Å². The van der Waals surface area contributed by atoms with Crippen molar-refractivity contribution in [2.45, 2.75) is 19.6 Å². The predicted octanol–water partition coefficient (Wildman–Crippen LogP) is 6.15. The Morgan fingerprint density at radius 2 is 1.63 bits per heavy atom. The van der Waals surface area contributed by atoms with Crippen LogP contribution in [-0.2, 0) is 19.6 Å². The number of ether oxygens (including phenoxy) is 1. The number of nitrogens with one attached hydrogen (secondary N) is 1. The second kappa shape index (κ2) is 9.88. The summed E-state index contributed by atoms with van der Waals surface area (Å²) in [5, 5.41) is 4.14. The van der Waals surface area contributed by atoms with Crippen LogP contribution in [0.1, 0.15) is 16.7 Å². The lowest BCUT2D eigenvalue weighted by molar-refractivity contribution is 0.302. The third kappa shape index (κ3) is 6.35. The molecule has 0 saturated heterocycles. The van der Waals surface area contributed by atoms with Crippen molar-refractivity contribution < 1.29 is 9.13 Å². The fourth-order valence-corrected chi connectivity index (χ4v) is 3.21. The first-order valence-electron chi connectivity index (χ1n) is 8.71. The molecule has 3 aromatic carbocycles. The molecule has 0 radical (unpaired) electrons. The Balaban J connectivity index is 1.55. The smallest absolute Gasteiger partial charge is 0.124 e. The highest BCUT2D eigenvalue weighted by molar-refractivity contribution is 9.10. The summed E-state index contributed by atoms with van der Waals surface area (Å²) in [4.78, 5) is 0. The normalized spacial score (nSPS) is 10.8. The van der Waals surface area contributed by atoms with Gasteiger partial charge in [-0.2, -0.15) is 0 Å². The first-order chi connectivity index (χ1) is 13.1. The Kier molecular flexibility index (Phi) is 7.27. The fourth-order valence-electron chi connectivity index (χ4n) is 2.68. The summed E-state index contributed by atoms with van der Waals surface area (Å²) in [6.07, 6.45) is 0.843. The summed E-state index contributed by atoms with van der Waals surface area (Å²) >= 11 is 9.44. The van der Waals surface area contributed by atoms with E-state index >= 15 is 0 Å². The second-order valence-corrected chi connectivity index (χ2v) is 7.57. The first kappa shape index (κ1) is 19.9. The van der Waals surface area contributed by atoms with Crippen LogP contribution in [0.3, 0.4) is 0 Å². The van der Waals surface area contributed by atoms with Gasteiger partial charge in [-0.1, -0.05) is 51.8 Å². The maximum atomic E-state index is 13.0. The maximum Gasteiger partial charge on any atom is 0.124 e. The first-order valence-corrected chi connectivity index (χ1v) is 9.88. The molecule has 0 amide bonds. The lowest BCUT2D eigenvalue weighted by atomic mass is 10.1. The summed E-state index contributed by atoms with van der Waals surface area (Å²) in [7, 11) is 0. The van der Waals surface area contributed by atoms with E-state index in [-0.39, 0.29) is 5.82 Å². The van der Waals surface area contributed by atoms with Gasteiger partial charge >= 0.3 is 0 Å². The summed E-state index contributed by atoms with van der Waals surface area (Å²) < 4.78 is 20.0. The van der Waals surface area contributed by atoms with Crippen LogP contribution < -0.4 is 10.1 Å². The van der Waals surface area contributed by atoms with Gasteiger partial charge in [-0.15, -0.1) is 0 Å². The van der Waals surface area contributed by atoms with Gasteiger partial charge < -0.3 is 10.1 Å². The molecule has 0 fully saturated rings. The van der Waals surface area contributed by atoms with E-state index < -0.39 is 0 Å². The minimum Gasteiger partial charge on any atom is -0.489 e. The third-order valence-electron chi connectivity index (χ3n) is 4.15. The van der Waals surface area contributed by atoms with Crippen LogP contribution in [0.2, 0.25) is 5.02 Å². The number of halogens is 3. The van der Waals surface area contributed by atoms with Gasteiger partial charge in [-0.05, 0) is 66.6 Å². The maximum absolute atomic E-state index is 13.0. The van der Waals surface area contributed by atoms with Gasteiger partial charge in [0.25, 0.3) is 0 Å². The molecule has 1 N–H and O–H groups in total. The van der Waals surface area contributed by atoms with Crippen LogP contribution in [0.25, 0.3) is 0 Å². The molecule has 0 unspecified atom stereocenters. The Labute approximate surface area is 172 Å². The molecule has 0 saturated carbocycles. The molecule has 0 aliphatic rings. The Hall–Kier alpha value is -1.88. The average Bonchev–Trinajstić information content (AvgIpc) is 2.67. The molecular weight excluding hydrogens is 429 g/mol. The monoisotopic (exact) mass is 447 g/mol. The molecule has 3 rings (SSSR count). The highest BCUT2D eigenvalue weighted by atomic mass is 79.9. The van der Waals surface area contributed by atoms with Gasteiger partial charge in [0.15, 0.2) is 0 Å². The van der Waals surface area contributed by atoms with Gasteiger partial charge in [-0.25, -0.2) is 4.39 Å². The molecule has 140 valence electrons. The summed E-state index contributed by atoms with van der Waals surface area (Å²) in [5.74, 6) is 0.644. The van der Waals surface area contributed by atoms with Crippen molar-refractivity contribution in [3.8, 4) is 5.75 Å². The van der Waals surface area contributed by atoms with Crippen LogP contribution >= 0.6 is 27.5 Å². The third-order valence-corrected chi connectivity index (χ3v) is 4.89. The van der Waals surface area contributed by atoms with Gasteiger partial charge in [0.1, 0.15) is 18.2 Å². The van der Waals surface area contributed by atoms with Crippen molar-refractivity contribution in [1.29, 1.82) is 0 Å². The highest BCUT2D eigenvalue weighted by Gasteiger charge is 2.06. The Morgan fingerprint density at radius 1 is 0.926 bits per heavy atom. The standard InChI is InChI=1S/C22H20BrClFNO/c23-19-5-10-22(27-15-17-1-6-20(24)7-2-17)18(13-19)14-26-12-11-16-3-8-21(25)9-4-16/h1-10,13,26H,11-12,14-15H2. The van der Waals surface area contributed by atoms with E-state index in [1.807, 2.05) is 48.5 Å². The van der Waals surface area contributed by atoms with E-state index in [0.29, 0.717) is 18.2 Å². The van der Waals surface area contributed by atoms with Crippen LogP contribution in [0.4, 0.5) is 4.39 Å². The van der Waals surface area contributed by atoms with Crippen molar-refractivity contribution >= 4 is 27.5 Å². The van der Waals surface area contributed by atoms with E-state index in [1.165, 1.54) is 12.1 Å². The van der Waals surface area contributed by atoms with Crippen molar-refractivity contribution in [3.05, 3.63) is 98.7 Å². The lowest BCUT2D eigenvalue weighted by Crippen LogP contribution is -2.17. The lowest BCUT2D eigenvalue weighted by Gasteiger charge is -2.13. The van der Waals surface area contributed by atoms with Crippen molar-refractivity contribution in [3.63, 3.8) is 0 Å². The second-order valence-electron chi connectivity index (χ2n) is 6.22. The SMILES string of the molecule is Fc1ccc(CCNCc2cc(Br)ccc2OCc2ccc(Cl)cc2)cc1. The molecule has 0 aliphatic heterocycles. The zero-order chi connectivity index (χ0) is 19.1. The van der Waals surface area contributed by atoms with Gasteiger partial charge in [0, 0.05) is 21.6 Å². The highest BCUT2D eigenvalue weighted by Crippen LogP contribution is 2.24. The largest absolute Gasteiger partial charge is 0.489 e. The minimum atomic E-state index is -0.205. The molecule has 0 spiro atoms. The van der Waals surface area contributed by atoms with Gasteiger partial charge in [-0.3, -0.25) is 0 Å². The Morgan fingerprint density at radius 3 is 2.37 bits per heavy atom. The van der Waals surface area contributed by atoms with E-state index in [0.717, 1.165) is 39.9 Å². The fraction of sp³-hybridized carbons (Fsp3) is 0.182. The molecule has 3 aromatic rings. The summed E-state index contributed by atoms with van der Waals surface area (Å²) in [5.41, 5.74) is 3.26. The molecule has 0 atom stereocenters. The van der Waals surface area contributed by atoms with Gasteiger partial charge in [0.05, 0.1) is 0 Å². The number of benzene rings is 3. The van der Waals surface area contributed by atoms with Crippen LogP contribution in [0.5, 0.6) is 5.75 Å². The number of hydrogen-bond acceptors (Lipinski definition) is 2. The summed E-state index contributed by atoms with van der Waals surface area (Å²) in [6, 6.07) is 20.3.